The molecule has 0 atom stereocenters. The fraction of sp³-hybridized carbons (Fsp3) is 0.143. The average Bonchev–Trinajstić information content (AvgIpc) is 2.88. The van der Waals surface area contributed by atoms with Gasteiger partial charge in [0.1, 0.15) is 10.5 Å². The van der Waals surface area contributed by atoms with Crippen molar-refractivity contribution < 1.29 is 9.13 Å². The second kappa shape index (κ2) is 5.05. The number of thiophene rings is 1. The van der Waals surface area contributed by atoms with Crippen LogP contribution in [0.25, 0.3) is 10.2 Å². The van der Waals surface area contributed by atoms with Gasteiger partial charge in [0.05, 0.1) is 12.6 Å². The first-order valence-corrected chi connectivity index (χ1v) is 6.84. The molecule has 102 valence electrons. The molecule has 0 saturated heterocycles. The lowest BCUT2D eigenvalue weighted by atomic mass is 10.1. The molecule has 2 heterocycles. The van der Waals surface area contributed by atoms with Crippen LogP contribution in [0.15, 0.2) is 34.4 Å². The number of hydrogen-bond acceptors (Lipinski definition) is 4. The summed E-state index contributed by atoms with van der Waals surface area (Å²) in [5.74, 6) is 0.290. The van der Waals surface area contributed by atoms with Gasteiger partial charge in [-0.3, -0.25) is 4.79 Å². The average molecular weight is 290 g/mol. The molecule has 0 aliphatic rings. The van der Waals surface area contributed by atoms with Crippen LogP contribution in [0.1, 0.15) is 11.4 Å². The van der Waals surface area contributed by atoms with Crippen LogP contribution in [0, 0.1) is 5.82 Å². The molecule has 0 saturated carbocycles. The number of rotatable bonds is 3. The number of aromatic amines is 1. The van der Waals surface area contributed by atoms with E-state index in [0.29, 0.717) is 22.5 Å². The van der Waals surface area contributed by atoms with E-state index in [-0.39, 0.29) is 11.3 Å². The van der Waals surface area contributed by atoms with Crippen molar-refractivity contribution in [1.29, 1.82) is 0 Å². The number of fused-ring (bicyclic) bond motifs is 1. The van der Waals surface area contributed by atoms with Crippen LogP contribution < -0.4 is 10.3 Å². The Morgan fingerprint density at radius 1 is 1.40 bits per heavy atom. The highest BCUT2D eigenvalue weighted by atomic mass is 32.1. The van der Waals surface area contributed by atoms with Gasteiger partial charge in [-0.1, -0.05) is 6.07 Å². The largest absolute Gasteiger partial charge is 0.494 e. The predicted molar refractivity (Wildman–Crippen MR) is 76.0 cm³/mol. The van der Waals surface area contributed by atoms with Gasteiger partial charge in [0, 0.05) is 6.42 Å². The minimum absolute atomic E-state index is 0.158. The van der Waals surface area contributed by atoms with Crippen molar-refractivity contribution in [3.05, 3.63) is 57.2 Å². The second-order valence-corrected chi connectivity index (χ2v) is 5.21. The summed E-state index contributed by atoms with van der Waals surface area (Å²) in [5, 5.41) is 1.82. The third-order valence-corrected chi connectivity index (χ3v) is 3.85. The Kier molecular flexibility index (Phi) is 3.23. The summed E-state index contributed by atoms with van der Waals surface area (Å²) in [6.45, 7) is 0. The van der Waals surface area contributed by atoms with E-state index in [1.54, 1.807) is 18.2 Å². The van der Waals surface area contributed by atoms with Crippen molar-refractivity contribution in [3.63, 3.8) is 0 Å². The van der Waals surface area contributed by atoms with Gasteiger partial charge in [-0.15, -0.1) is 11.3 Å². The van der Waals surface area contributed by atoms with Crippen LogP contribution >= 0.6 is 11.3 Å². The number of nitrogens with one attached hydrogen (secondary N) is 1. The molecule has 0 aliphatic heterocycles. The Labute approximate surface area is 117 Å². The van der Waals surface area contributed by atoms with Crippen LogP contribution in [0.3, 0.4) is 0 Å². The first-order chi connectivity index (χ1) is 9.67. The molecular weight excluding hydrogens is 279 g/mol. The summed E-state index contributed by atoms with van der Waals surface area (Å²) in [5.41, 5.74) is 1.23. The quantitative estimate of drug-likeness (QED) is 0.807. The Morgan fingerprint density at radius 3 is 3.00 bits per heavy atom. The monoisotopic (exact) mass is 290 g/mol. The van der Waals surface area contributed by atoms with Crippen molar-refractivity contribution in [2.24, 2.45) is 0 Å². The smallest absolute Gasteiger partial charge is 0.268 e. The zero-order valence-electron chi connectivity index (χ0n) is 10.6. The van der Waals surface area contributed by atoms with Gasteiger partial charge in [-0.2, -0.15) is 0 Å². The number of ether oxygens (including phenoxy) is 1. The molecule has 20 heavy (non-hydrogen) atoms. The number of benzene rings is 1. The molecule has 0 spiro atoms. The molecule has 0 unspecified atom stereocenters. The summed E-state index contributed by atoms with van der Waals surface area (Å²) in [6.07, 6.45) is 0.363. The van der Waals surface area contributed by atoms with Gasteiger partial charge < -0.3 is 9.72 Å². The van der Waals surface area contributed by atoms with Crippen LogP contribution in [0.2, 0.25) is 0 Å². The fourth-order valence-electron chi connectivity index (χ4n) is 2.02. The third kappa shape index (κ3) is 2.30. The number of halogens is 1. The minimum atomic E-state index is -0.427. The lowest BCUT2D eigenvalue weighted by molar-refractivity contribution is 0.386. The van der Waals surface area contributed by atoms with Gasteiger partial charge in [-0.05, 0) is 29.1 Å². The van der Waals surface area contributed by atoms with E-state index in [2.05, 4.69) is 9.97 Å². The first kappa shape index (κ1) is 12.8. The topological polar surface area (TPSA) is 55.0 Å². The van der Waals surface area contributed by atoms with E-state index in [9.17, 15) is 9.18 Å². The third-order valence-electron chi connectivity index (χ3n) is 2.95. The van der Waals surface area contributed by atoms with Crippen molar-refractivity contribution in [2.75, 3.05) is 7.11 Å². The second-order valence-electron chi connectivity index (χ2n) is 4.29. The van der Waals surface area contributed by atoms with Crippen molar-refractivity contribution in [3.8, 4) is 5.75 Å². The maximum absolute atomic E-state index is 13.6. The molecule has 0 fully saturated rings. The number of methoxy groups -OCH3 is 1. The van der Waals surface area contributed by atoms with E-state index in [4.69, 9.17) is 4.74 Å². The molecule has 1 N–H and O–H groups in total. The summed E-state index contributed by atoms with van der Waals surface area (Å²) >= 11 is 1.35. The van der Waals surface area contributed by atoms with E-state index in [0.717, 1.165) is 5.56 Å². The fourth-order valence-corrected chi connectivity index (χ4v) is 2.74. The maximum atomic E-state index is 13.6. The normalized spacial score (nSPS) is 10.9. The lowest BCUT2D eigenvalue weighted by Gasteiger charge is -2.05. The predicted octanol–water partition coefficient (Wildman–Crippen LogP) is 2.72. The van der Waals surface area contributed by atoms with Gasteiger partial charge >= 0.3 is 0 Å². The lowest BCUT2D eigenvalue weighted by Crippen LogP contribution is -2.10. The highest BCUT2D eigenvalue weighted by molar-refractivity contribution is 7.17. The Balaban J connectivity index is 1.96. The van der Waals surface area contributed by atoms with Crippen molar-refractivity contribution in [1.82, 2.24) is 9.97 Å². The summed E-state index contributed by atoms with van der Waals surface area (Å²) in [4.78, 5) is 18.9. The molecule has 2 aromatic heterocycles. The number of hydrogen-bond donors (Lipinski definition) is 1. The Bertz CT molecular complexity index is 825. The molecule has 0 aliphatic carbocycles. The molecule has 0 amide bonds. The van der Waals surface area contributed by atoms with E-state index < -0.39 is 5.82 Å². The molecule has 3 rings (SSSR count). The highest BCUT2D eigenvalue weighted by Gasteiger charge is 2.08. The van der Waals surface area contributed by atoms with Gasteiger partial charge in [0.25, 0.3) is 5.56 Å². The summed E-state index contributed by atoms with van der Waals surface area (Å²) < 4.78 is 19.1. The number of H-pyrrole nitrogens is 1. The van der Waals surface area contributed by atoms with E-state index in [1.807, 2.05) is 5.38 Å². The molecule has 6 heteroatoms. The van der Waals surface area contributed by atoms with Gasteiger partial charge in [0.15, 0.2) is 11.6 Å². The first-order valence-electron chi connectivity index (χ1n) is 5.96. The molecule has 1 aromatic carbocycles. The molecule has 4 nitrogen and oxygen atoms in total. The Hall–Kier alpha value is -2.21. The molecule has 0 radical (unpaired) electrons. The van der Waals surface area contributed by atoms with Crippen molar-refractivity contribution in [2.45, 2.75) is 6.42 Å². The van der Waals surface area contributed by atoms with E-state index >= 15 is 0 Å². The van der Waals surface area contributed by atoms with Gasteiger partial charge in [-0.25, -0.2) is 9.37 Å². The van der Waals surface area contributed by atoms with Crippen LogP contribution in [0.4, 0.5) is 4.39 Å². The van der Waals surface area contributed by atoms with Crippen LogP contribution in [0.5, 0.6) is 5.75 Å². The Morgan fingerprint density at radius 2 is 2.25 bits per heavy atom. The maximum Gasteiger partial charge on any atom is 0.268 e. The zero-order valence-corrected chi connectivity index (χ0v) is 11.5. The zero-order chi connectivity index (χ0) is 14.1. The van der Waals surface area contributed by atoms with Crippen LogP contribution in [-0.4, -0.2) is 17.1 Å². The summed E-state index contributed by atoms with van der Waals surface area (Å²) in [6, 6.07) is 6.50. The van der Waals surface area contributed by atoms with Crippen molar-refractivity contribution >= 4 is 21.6 Å². The van der Waals surface area contributed by atoms with E-state index in [1.165, 1.54) is 24.5 Å². The molecule has 0 bridgehead atoms. The van der Waals surface area contributed by atoms with Gasteiger partial charge in [0.2, 0.25) is 0 Å². The molecule has 3 aromatic rings. The summed E-state index contributed by atoms with van der Waals surface area (Å²) in [7, 11) is 1.42. The molecular formula is C14H11FN2O2S. The SMILES string of the molecule is COc1ccc(Cc2nc3ccsc3c(=O)[nH]2)cc1F. The highest BCUT2D eigenvalue weighted by Crippen LogP contribution is 2.19. The minimum Gasteiger partial charge on any atom is -0.494 e. The standard InChI is InChI=1S/C14H11FN2O2S/c1-19-11-3-2-8(6-9(11)15)7-12-16-10-4-5-20-13(10)14(18)17-12/h2-6H,7H2,1H3,(H,16,17,18). The van der Waals surface area contributed by atoms with Crippen LogP contribution in [-0.2, 0) is 6.42 Å². The number of aromatic nitrogens is 2. The number of nitrogens with zero attached hydrogens (tertiary/aromatic N) is 1.